The zero-order chi connectivity index (χ0) is 18.0. The largest absolute Gasteiger partial charge is 0.504 e. The molecule has 3 rings (SSSR count). The zero-order valence-corrected chi connectivity index (χ0v) is 13.7. The van der Waals surface area contributed by atoms with Gasteiger partial charge in [-0.1, -0.05) is 6.07 Å². The number of ether oxygens (including phenoxy) is 1. The number of methoxy groups -OCH3 is 1. The molecule has 0 aliphatic carbocycles. The molecule has 3 aromatic rings. The quantitative estimate of drug-likeness (QED) is 0.592. The van der Waals surface area contributed by atoms with E-state index in [-0.39, 0.29) is 23.2 Å². The Bertz CT molecular complexity index is 962. The van der Waals surface area contributed by atoms with Crippen LogP contribution < -0.4 is 26.2 Å². The Balaban J connectivity index is 1.81. The number of aromatic hydroxyl groups is 1. The fraction of sp³-hybridized carbons (Fsp3) is 0.167. The smallest absolute Gasteiger partial charge is 0.253 e. The second-order valence-corrected chi connectivity index (χ2v) is 5.57. The minimum Gasteiger partial charge on any atom is -0.504 e. The summed E-state index contributed by atoms with van der Waals surface area (Å²) in [6.07, 6.45) is 3.17. The van der Waals surface area contributed by atoms with Gasteiger partial charge in [0.05, 0.1) is 7.11 Å². The number of hydrogen-bond donors (Lipinski definition) is 3. The van der Waals surface area contributed by atoms with E-state index in [0.717, 1.165) is 5.56 Å². The molecule has 0 amide bonds. The molecule has 2 aromatic carbocycles. The average molecular weight is 339 g/mol. The van der Waals surface area contributed by atoms with Crippen LogP contribution in [0.2, 0.25) is 0 Å². The number of nitrogens with one attached hydrogen (secondary N) is 2. The van der Waals surface area contributed by atoms with E-state index in [9.17, 15) is 14.7 Å². The van der Waals surface area contributed by atoms with Crippen molar-refractivity contribution in [2.24, 2.45) is 0 Å². The van der Waals surface area contributed by atoms with Crippen molar-refractivity contribution in [2.75, 3.05) is 17.7 Å². The van der Waals surface area contributed by atoms with Crippen LogP contribution in [0.15, 0.2) is 52.3 Å². The molecule has 0 fully saturated rings. The van der Waals surface area contributed by atoms with Gasteiger partial charge in [0, 0.05) is 24.1 Å². The van der Waals surface area contributed by atoms with E-state index in [1.807, 2.05) is 6.92 Å². The lowest BCUT2D eigenvalue weighted by Gasteiger charge is -2.20. The molecule has 25 heavy (non-hydrogen) atoms. The maximum Gasteiger partial charge on any atom is 0.253 e. The van der Waals surface area contributed by atoms with E-state index in [1.165, 1.54) is 7.11 Å². The topological polar surface area (TPSA) is 101 Å². The summed E-state index contributed by atoms with van der Waals surface area (Å²) in [5, 5.41) is 15.8. The summed E-state index contributed by atoms with van der Waals surface area (Å²) in [6.45, 7) is 1.83. The van der Waals surface area contributed by atoms with Crippen molar-refractivity contribution < 1.29 is 9.84 Å². The molecule has 7 nitrogen and oxygen atoms in total. The van der Waals surface area contributed by atoms with Crippen LogP contribution in [0.25, 0.3) is 0 Å². The van der Waals surface area contributed by atoms with Crippen molar-refractivity contribution in [3.63, 3.8) is 0 Å². The highest BCUT2D eigenvalue weighted by molar-refractivity contribution is 5.78. The monoisotopic (exact) mass is 339 g/mol. The Kier molecular flexibility index (Phi) is 4.38. The van der Waals surface area contributed by atoms with E-state index in [4.69, 9.17) is 4.74 Å². The third kappa shape index (κ3) is 3.16. The Morgan fingerprint density at radius 2 is 1.76 bits per heavy atom. The predicted molar refractivity (Wildman–Crippen MR) is 95.6 cm³/mol. The number of benzene rings is 1. The van der Waals surface area contributed by atoms with Crippen LogP contribution in [0.4, 0.5) is 17.1 Å². The Hall–Kier alpha value is -3.35. The maximum atomic E-state index is 11.9. The van der Waals surface area contributed by atoms with Crippen molar-refractivity contribution in [3.05, 3.63) is 68.7 Å². The molecule has 3 N–H and O–H groups in total. The zero-order valence-electron chi connectivity index (χ0n) is 13.7. The maximum absolute atomic E-state index is 11.9. The van der Waals surface area contributed by atoms with Gasteiger partial charge in [-0.15, -0.1) is 0 Å². The molecule has 128 valence electrons. The van der Waals surface area contributed by atoms with Gasteiger partial charge in [0.1, 0.15) is 11.4 Å². The number of aromatic nitrogens is 1. The van der Waals surface area contributed by atoms with E-state index in [2.05, 4.69) is 15.6 Å². The van der Waals surface area contributed by atoms with Crippen LogP contribution in [0.3, 0.4) is 0 Å². The standard InChI is InChI=1S/C18H17N3O4/c1-10(11-3-4-14(25-2)13(22)9-11)20-15-16(18(24)17(15)23)21-12-5-7-19-8-6-12/h3-10,20,22H,1-2H3,(H,19,21). The highest BCUT2D eigenvalue weighted by Crippen LogP contribution is 2.31. The molecule has 1 aromatic heterocycles. The van der Waals surface area contributed by atoms with Crippen molar-refractivity contribution in [1.29, 1.82) is 0 Å². The third-order valence-electron chi connectivity index (χ3n) is 3.92. The van der Waals surface area contributed by atoms with Crippen LogP contribution in [-0.2, 0) is 0 Å². The summed E-state index contributed by atoms with van der Waals surface area (Å²) in [6, 6.07) is 8.08. The number of anilines is 3. The van der Waals surface area contributed by atoms with Gasteiger partial charge in [0.25, 0.3) is 10.9 Å². The highest BCUT2D eigenvalue weighted by atomic mass is 16.5. The van der Waals surface area contributed by atoms with Crippen molar-refractivity contribution in [1.82, 2.24) is 4.98 Å². The van der Waals surface area contributed by atoms with Crippen LogP contribution in [0.1, 0.15) is 18.5 Å². The van der Waals surface area contributed by atoms with Gasteiger partial charge >= 0.3 is 0 Å². The van der Waals surface area contributed by atoms with Crippen LogP contribution in [0, 0.1) is 0 Å². The van der Waals surface area contributed by atoms with Gasteiger partial charge in [-0.05, 0) is 36.8 Å². The molecular weight excluding hydrogens is 322 g/mol. The van der Waals surface area contributed by atoms with E-state index in [0.29, 0.717) is 11.4 Å². The second-order valence-electron chi connectivity index (χ2n) is 5.57. The lowest BCUT2D eigenvalue weighted by molar-refractivity contribution is 0.373. The first kappa shape index (κ1) is 16.5. The minimum absolute atomic E-state index is 0.00813. The van der Waals surface area contributed by atoms with Gasteiger partial charge in [-0.2, -0.15) is 0 Å². The lowest BCUT2D eigenvalue weighted by atomic mass is 10.1. The van der Waals surface area contributed by atoms with Crippen LogP contribution in [-0.4, -0.2) is 17.2 Å². The van der Waals surface area contributed by atoms with E-state index in [1.54, 1.807) is 42.7 Å². The Morgan fingerprint density at radius 1 is 1.08 bits per heavy atom. The number of pyridine rings is 1. The molecule has 0 bridgehead atoms. The van der Waals surface area contributed by atoms with Crippen molar-refractivity contribution in [2.45, 2.75) is 13.0 Å². The van der Waals surface area contributed by atoms with Gasteiger partial charge in [-0.25, -0.2) is 0 Å². The molecule has 0 saturated carbocycles. The molecule has 0 radical (unpaired) electrons. The molecule has 7 heteroatoms. The van der Waals surface area contributed by atoms with Crippen LogP contribution >= 0.6 is 0 Å². The molecule has 0 aliphatic heterocycles. The Morgan fingerprint density at radius 3 is 2.40 bits per heavy atom. The third-order valence-corrected chi connectivity index (χ3v) is 3.92. The summed E-state index contributed by atoms with van der Waals surface area (Å²) in [5.74, 6) is 0.374. The second kappa shape index (κ2) is 6.64. The highest BCUT2D eigenvalue weighted by Gasteiger charge is 2.23. The fourth-order valence-electron chi connectivity index (χ4n) is 2.50. The summed E-state index contributed by atoms with van der Waals surface area (Å²) in [7, 11) is 1.47. The van der Waals surface area contributed by atoms with Gasteiger partial charge in [0.15, 0.2) is 11.5 Å². The van der Waals surface area contributed by atoms with Gasteiger partial charge in [0.2, 0.25) is 0 Å². The normalized spacial score (nSPS) is 11.9. The van der Waals surface area contributed by atoms with Crippen molar-refractivity contribution >= 4 is 17.1 Å². The van der Waals surface area contributed by atoms with Crippen molar-refractivity contribution in [3.8, 4) is 11.5 Å². The molecule has 1 unspecified atom stereocenters. The number of hydrogen-bond acceptors (Lipinski definition) is 7. The molecule has 0 aliphatic rings. The lowest BCUT2D eigenvalue weighted by Crippen LogP contribution is -2.37. The van der Waals surface area contributed by atoms with Gasteiger partial charge in [-0.3, -0.25) is 14.6 Å². The van der Waals surface area contributed by atoms with E-state index < -0.39 is 10.9 Å². The fourth-order valence-corrected chi connectivity index (χ4v) is 2.50. The summed E-state index contributed by atoms with van der Waals surface area (Å²) in [5.41, 5.74) is 0.733. The molecule has 0 spiro atoms. The number of phenolic OH excluding ortho intramolecular Hbond substituents is 1. The summed E-state index contributed by atoms with van der Waals surface area (Å²) in [4.78, 5) is 27.7. The van der Waals surface area contributed by atoms with Crippen LogP contribution in [0.5, 0.6) is 11.5 Å². The molecule has 1 atom stereocenters. The SMILES string of the molecule is COc1ccc(C(C)Nc2c(Nc3ccncc3)c(=O)c2=O)cc1O. The molecule has 0 saturated heterocycles. The van der Waals surface area contributed by atoms with E-state index >= 15 is 0 Å². The molecular formula is C18H17N3O4. The van der Waals surface area contributed by atoms with Gasteiger partial charge < -0.3 is 20.5 Å². The first-order chi connectivity index (χ1) is 12.0. The Labute approximate surface area is 143 Å². The minimum atomic E-state index is -0.568. The number of nitrogens with zero attached hydrogens (tertiary/aromatic N) is 1. The molecule has 1 heterocycles. The number of rotatable bonds is 6. The number of phenols is 1. The predicted octanol–water partition coefficient (Wildman–Crippen LogP) is 2.31. The summed E-state index contributed by atoms with van der Waals surface area (Å²) >= 11 is 0. The first-order valence-corrected chi connectivity index (χ1v) is 7.65. The first-order valence-electron chi connectivity index (χ1n) is 7.65. The summed E-state index contributed by atoms with van der Waals surface area (Å²) < 4.78 is 5.01. The average Bonchev–Trinajstić information content (AvgIpc) is 2.64.